The van der Waals surface area contributed by atoms with Gasteiger partial charge >= 0.3 is 0 Å². The Labute approximate surface area is 150 Å². The molecule has 0 bridgehead atoms. The van der Waals surface area contributed by atoms with E-state index in [0.29, 0.717) is 10.9 Å². The van der Waals surface area contributed by atoms with Crippen LogP contribution in [0.5, 0.6) is 5.75 Å². The van der Waals surface area contributed by atoms with Gasteiger partial charge in [0, 0.05) is 22.1 Å². The van der Waals surface area contributed by atoms with Crippen LogP contribution in [0.1, 0.15) is 5.56 Å². The SMILES string of the molecule is C=c1c2ccccc2c(=C)c2c(Nc3ccc(C#N)cc3)ccc(O)c12. The van der Waals surface area contributed by atoms with Crippen LogP contribution in [0.25, 0.3) is 34.7 Å². The summed E-state index contributed by atoms with van der Waals surface area (Å²) in [6, 6.07) is 20.8. The molecule has 124 valence electrons. The Kier molecular flexibility index (Phi) is 3.60. The van der Waals surface area contributed by atoms with E-state index in [2.05, 4.69) is 24.5 Å². The molecular formula is C23H16N2O. The second kappa shape index (κ2) is 5.94. The third-order valence-electron chi connectivity index (χ3n) is 4.66. The summed E-state index contributed by atoms with van der Waals surface area (Å²) in [5.41, 5.74) is 2.30. The number of fused-ring (bicyclic) bond motifs is 2. The van der Waals surface area contributed by atoms with E-state index in [1.165, 1.54) is 0 Å². The minimum atomic E-state index is 0.186. The Hall–Kier alpha value is -3.77. The topological polar surface area (TPSA) is 56.0 Å². The van der Waals surface area contributed by atoms with Gasteiger partial charge in [0.25, 0.3) is 0 Å². The molecule has 26 heavy (non-hydrogen) atoms. The summed E-state index contributed by atoms with van der Waals surface area (Å²) in [5, 5.41) is 27.9. The number of aromatic hydroxyl groups is 1. The smallest absolute Gasteiger partial charge is 0.124 e. The minimum Gasteiger partial charge on any atom is -0.507 e. The monoisotopic (exact) mass is 336 g/mol. The number of hydrogen-bond acceptors (Lipinski definition) is 3. The lowest BCUT2D eigenvalue weighted by Gasteiger charge is -2.14. The van der Waals surface area contributed by atoms with E-state index in [-0.39, 0.29) is 5.75 Å². The lowest BCUT2D eigenvalue weighted by molar-refractivity contribution is 0.481. The van der Waals surface area contributed by atoms with Crippen LogP contribution in [0.2, 0.25) is 0 Å². The molecule has 0 saturated carbocycles. The van der Waals surface area contributed by atoms with Crippen LogP contribution in [0.4, 0.5) is 11.4 Å². The van der Waals surface area contributed by atoms with Crippen molar-refractivity contribution in [2.45, 2.75) is 0 Å². The van der Waals surface area contributed by atoms with Gasteiger partial charge in [0.1, 0.15) is 5.75 Å². The van der Waals surface area contributed by atoms with Crippen LogP contribution in [0, 0.1) is 11.3 Å². The summed E-state index contributed by atoms with van der Waals surface area (Å²) in [6.45, 7) is 8.46. The molecule has 0 unspecified atom stereocenters. The van der Waals surface area contributed by atoms with Crippen molar-refractivity contribution in [3.63, 3.8) is 0 Å². The predicted molar refractivity (Wildman–Crippen MR) is 108 cm³/mol. The molecule has 3 heteroatoms. The normalized spacial score (nSPS) is 10.7. The molecule has 0 aromatic heterocycles. The van der Waals surface area contributed by atoms with Gasteiger partial charge in [-0.05, 0) is 57.6 Å². The summed E-state index contributed by atoms with van der Waals surface area (Å²) in [4.78, 5) is 0. The summed E-state index contributed by atoms with van der Waals surface area (Å²) >= 11 is 0. The molecule has 0 heterocycles. The maximum atomic E-state index is 10.5. The van der Waals surface area contributed by atoms with E-state index in [9.17, 15) is 5.11 Å². The third-order valence-corrected chi connectivity index (χ3v) is 4.66. The molecule has 2 N–H and O–H groups in total. The molecule has 0 radical (unpaired) electrons. The molecule has 0 aliphatic heterocycles. The first-order valence-corrected chi connectivity index (χ1v) is 8.21. The first-order valence-electron chi connectivity index (χ1n) is 8.21. The highest BCUT2D eigenvalue weighted by molar-refractivity contribution is 6.07. The average molecular weight is 336 g/mol. The Morgan fingerprint density at radius 2 is 1.42 bits per heavy atom. The summed E-state index contributed by atoms with van der Waals surface area (Å²) in [5.74, 6) is 0.186. The van der Waals surface area contributed by atoms with Crippen molar-refractivity contribution in [3.05, 3.63) is 76.7 Å². The number of nitriles is 1. The van der Waals surface area contributed by atoms with E-state index >= 15 is 0 Å². The first kappa shape index (κ1) is 15.7. The van der Waals surface area contributed by atoms with Crippen molar-refractivity contribution < 1.29 is 5.11 Å². The zero-order valence-electron chi connectivity index (χ0n) is 14.1. The molecule has 4 rings (SSSR count). The van der Waals surface area contributed by atoms with Crippen LogP contribution >= 0.6 is 0 Å². The minimum absolute atomic E-state index is 0.186. The van der Waals surface area contributed by atoms with Crippen molar-refractivity contribution in [1.29, 1.82) is 5.26 Å². The van der Waals surface area contributed by atoms with Gasteiger partial charge in [-0.15, -0.1) is 0 Å². The fourth-order valence-electron chi connectivity index (χ4n) is 3.38. The average Bonchev–Trinajstić information content (AvgIpc) is 2.68. The van der Waals surface area contributed by atoms with Gasteiger partial charge in [-0.25, -0.2) is 0 Å². The molecule has 4 aromatic carbocycles. The van der Waals surface area contributed by atoms with Gasteiger partial charge < -0.3 is 10.4 Å². The fourth-order valence-corrected chi connectivity index (χ4v) is 3.38. The second-order valence-electron chi connectivity index (χ2n) is 6.20. The number of benzene rings is 4. The Bertz CT molecular complexity index is 1300. The van der Waals surface area contributed by atoms with E-state index in [1.54, 1.807) is 18.2 Å². The summed E-state index contributed by atoms with van der Waals surface area (Å²) < 4.78 is 0. The van der Waals surface area contributed by atoms with Crippen LogP contribution in [-0.4, -0.2) is 5.11 Å². The molecule has 0 spiro atoms. The van der Waals surface area contributed by atoms with E-state index in [4.69, 9.17) is 5.26 Å². The molecular weight excluding hydrogens is 320 g/mol. The zero-order chi connectivity index (χ0) is 18.3. The van der Waals surface area contributed by atoms with Gasteiger partial charge in [0.2, 0.25) is 0 Å². The largest absolute Gasteiger partial charge is 0.507 e. The van der Waals surface area contributed by atoms with Crippen molar-refractivity contribution in [2.75, 3.05) is 5.32 Å². The van der Waals surface area contributed by atoms with Gasteiger partial charge in [-0.2, -0.15) is 5.26 Å². The fraction of sp³-hybridized carbons (Fsp3) is 0. The van der Waals surface area contributed by atoms with Crippen molar-refractivity contribution in [2.24, 2.45) is 0 Å². The number of nitrogens with one attached hydrogen (secondary N) is 1. The van der Waals surface area contributed by atoms with Crippen LogP contribution in [0.3, 0.4) is 0 Å². The molecule has 3 nitrogen and oxygen atoms in total. The molecule has 0 saturated heterocycles. The number of anilines is 2. The van der Waals surface area contributed by atoms with Gasteiger partial charge in [0.15, 0.2) is 0 Å². The van der Waals surface area contributed by atoms with E-state index in [1.807, 2.05) is 42.5 Å². The summed E-state index contributed by atoms with van der Waals surface area (Å²) in [6.07, 6.45) is 0. The van der Waals surface area contributed by atoms with Gasteiger partial charge in [-0.3, -0.25) is 0 Å². The van der Waals surface area contributed by atoms with E-state index < -0.39 is 0 Å². The van der Waals surface area contributed by atoms with Gasteiger partial charge in [-0.1, -0.05) is 37.4 Å². The number of phenols is 1. The Balaban J connectivity index is 2.02. The van der Waals surface area contributed by atoms with E-state index in [0.717, 1.165) is 38.0 Å². The van der Waals surface area contributed by atoms with Crippen LogP contribution in [0.15, 0.2) is 60.7 Å². The highest BCUT2D eigenvalue weighted by Gasteiger charge is 2.11. The quantitative estimate of drug-likeness (QED) is 0.427. The highest BCUT2D eigenvalue weighted by Crippen LogP contribution is 2.30. The molecule has 4 aromatic rings. The van der Waals surface area contributed by atoms with Crippen molar-refractivity contribution in [3.8, 4) is 11.8 Å². The Morgan fingerprint density at radius 3 is 2.04 bits per heavy atom. The number of phenolic OH excluding ortho intramolecular Hbond substituents is 1. The molecule has 0 aliphatic carbocycles. The lowest BCUT2D eigenvalue weighted by atomic mass is 9.97. The third kappa shape index (κ3) is 2.37. The maximum absolute atomic E-state index is 10.5. The predicted octanol–water partition coefficient (Wildman–Crippen LogP) is 4.13. The maximum Gasteiger partial charge on any atom is 0.124 e. The molecule has 0 amide bonds. The number of nitrogens with zero attached hydrogens (tertiary/aromatic N) is 1. The van der Waals surface area contributed by atoms with Crippen LogP contribution in [-0.2, 0) is 0 Å². The van der Waals surface area contributed by atoms with Crippen LogP contribution < -0.4 is 15.8 Å². The molecule has 0 fully saturated rings. The first-order chi connectivity index (χ1) is 12.6. The zero-order valence-corrected chi connectivity index (χ0v) is 14.1. The Morgan fingerprint density at radius 1 is 0.808 bits per heavy atom. The lowest BCUT2D eigenvalue weighted by Crippen LogP contribution is -2.14. The number of rotatable bonds is 2. The van der Waals surface area contributed by atoms with Gasteiger partial charge in [0.05, 0.1) is 11.6 Å². The summed E-state index contributed by atoms with van der Waals surface area (Å²) in [7, 11) is 0. The standard InChI is InChI=1S/C23H16N2O/c1-14-18-5-3-4-6-19(18)15(2)23-21(26)12-11-20(22(14)23)25-17-9-7-16(13-24)8-10-17/h3-12,25-26H,1-2H2. The second-order valence-corrected chi connectivity index (χ2v) is 6.20. The van der Waals surface area contributed by atoms with Crippen molar-refractivity contribution >= 4 is 46.1 Å². The van der Waals surface area contributed by atoms with Crippen molar-refractivity contribution in [1.82, 2.24) is 0 Å². The number of hydrogen-bond donors (Lipinski definition) is 2. The molecule has 0 atom stereocenters. The highest BCUT2D eigenvalue weighted by atomic mass is 16.3. The molecule has 0 aliphatic rings.